The van der Waals surface area contributed by atoms with Crippen LogP contribution in [-0.2, 0) is 4.74 Å². The molecule has 0 unspecified atom stereocenters. The summed E-state index contributed by atoms with van der Waals surface area (Å²) in [5.41, 5.74) is 1.07. The van der Waals surface area contributed by atoms with Crippen molar-refractivity contribution in [2.24, 2.45) is 10.8 Å². The zero-order valence-corrected chi connectivity index (χ0v) is 9.65. The number of ether oxygens (including phenoxy) is 1. The second-order valence-corrected chi connectivity index (χ2v) is 5.04. The van der Waals surface area contributed by atoms with Crippen molar-refractivity contribution in [3.63, 3.8) is 0 Å². The minimum absolute atomic E-state index is 0.529. The monoisotopic (exact) mass is 184 g/mol. The SMILES string of the molecule is CCC(C)(CC)CC1(CC)COC1. The van der Waals surface area contributed by atoms with Crippen molar-refractivity contribution >= 4 is 0 Å². The smallest absolute Gasteiger partial charge is 0.0544 e. The molecular weight excluding hydrogens is 160 g/mol. The fraction of sp³-hybridized carbons (Fsp3) is 1.00. The third kappa shape index (κ3) is 2.25. The lowest BCUT2D eigenvalue weighted by Gasteiger charge is -2.46. The van der Waals surface area contributed by atoms with Crippen molar-refractivity contribution in [2.45, 2.75) is 53.4 Å². The van der Waals surface area contributed by atoms with E-state index in [2.05, 4.69) is 27.7 Å². The summed E-state index contributed by atoms with van der Waals surface area (Å²) < 4.78 is 5.36. The maximum atomic E-state index is 5.36. The Morgan fingerprint density at radius 2 is 1.69 bits per heavy atom. The van der Waals surface area contributed by atoms with Gasteiger partial charge in [0.25, 0.3) is 0 Å². The maximum Gasteiger partial charge on any atom is 0.0544 e. The highest BCUT2D eigenvalue weighted by molar-refractivity contribution is 4.90. The Hall–Kier alpha value is -0.0400. The van der Waals surface area contributed by atoms with Gasteiger partial charge in [0.15, 0.2) is 0 Å². The first-order valence-electron chi connectivity index (χ1n) is 5.67. The predicted molar refractivity (Wildman–Crippen MR) is 56.8 cm³/mol. The van der Waals surface area contributed by atoms with E-state index in [1.165, 1.54) is 25.7 Å². The highest BCUT2D eigenvalue weighted by Gasteiger charge is 2.41. The summed E-state index contributed by atoms with van der Waals surface area (Å²) in [7, 11) is 0. The fourth-order valence-corrected chi connectivity index (χ4v) is 2.23. The molecule has 0 amide bonds. The summed E-state index contributed by atoms with van der Waals surface area (Å²) in [5, 5.41) is 0. The second-order valence-electron chi connectivity index (χ2n) is 5.04. The number of hydrogen-bond donors (Lipinski definition) is 0. The molecule has 1 nitrogen and oxygen atoms in total. The molecular formula is C12H24O. The minimum atomic E-state index is 0.529. The van der Waals surface area contributed by atoms with Crippen molar-refractivity contribution in [2.75, 3.05) is 13.2 Å². The van der Waals surface area contributed by atoms with Gasteiger partial charge < -0.3 is 4.74 Å². The molecule has 0 aromatic carbocycles. The van der Waals surface area contributed by atoms with E-state index in [1.807, 2.05) is 0 Å². The van der Waals surface area contributed by atoms with Crippen LogP contribution in [0, 0.1) is 10.8 Å². The molecule has 0 aliphatic carbocycles. The Labute approximate surface area is 82.9 Å². The highest BCUT2D eigenvalue weighted by atomic mass is 16.5. The zero-order chi connectivity index (χ0) is 9.95. The Morgan fingerprint density at radius 1 is 1.15 bits per heavy atom. The van der Waals surface area contributed by atoms with E-state index in [1.54, 1.807) is 0 Å². The summed E-state index contributed by atoms with van der Waals surface area (Å²) >= 11 is 0. The minimum Gasteiger partial charge on any atom is -0.380 e. The Kier molecular flexibility index (Phi) is 3.39. The molecule has 1 heterocycles. The van der Waals surface area contributed by atoms with Crippen molar-refractivity contribution in [1.82, 2.24) is 0 Å². The molecule has 13 heavy (non-hydrogen) atoms. The van der Waals surface area contributed by atoms with Crippen molar-refractivity contribution in [3.8, 4) is 0 Å². The molecule has 0 aromatic heterocycles. The zero-order valence-electron chi connectivity index (χ0n) is 9.65. The van der Waals surface area contributed by atoms with Crippen LogP contribution in [0.3, 0.4) is 0 Å². The van der Waals surface area contributed by atoms with Crippen molar-refractivity contribution in [3.05, 3.63) is 0 Å². The molecule has 0 spiro atoms. The van der Waals surface area contributed by atoms with Crippen LogP contribution in [0.4, 0.5) is 0 Å². The van der Waals surface area contributed by atoms with Crippen LogP contribution in [-0.4, -0.2) is 13.2 Å². The van der Waals surface area contributed by atoms with Gasteiger partial charge in [-0.15, -0.1) is 0 Å². The molecule has 1 fully saturated rings. The van der Waals surface area contributed by atoms with E-state index in [4.69, 9.17) is 4.74 Å². The highest BCUT2D eigenvalue weighted by Crippen LogP contribution is 2.45. The predicted octanol–water partition coefficient (Wildman–Crippen LogP) is 3.63. The van der Waals surface area contributed by atoms with Gasteiger partial charge in [-0.2, -0.15) is 0 Å². The lowest BCUT2D eigenvalue weighted by molar-refractivity contribution is -0.136. The molecule has 78 valence electrons. The van der Waals surface area contributed by atoms with Gasteiger partial charge in [0.05, 0.1) is 13.2 Å². The van der Waals surface area contributed by atoms with E-state index >= 15 is 0 Å². The van der Waals surface area contributed by atoms with E-state index in [-0.39, 0.29) is 0 Å². The summed E-state index contributed by atoms with van der Waals surface area (Å²) in [6.07, 6.45) is 5.22. The normalized spacial score (nSPS) is 21.2. The van der Waals surface area contributed by atoms with E-state index in [9.17, 15) is 0 Å². The fourth-order valence-electron chi connectivity index (χ4n) is 2.23. The Morgan fingerprint density at radius 3 is 1.92 bits per heavy atom. The topological polar surface area (TPSA) is 9.23 Å². The molecule has 1 rings (SSSR count). The molecule has 0 radical (unpaired) electrons. The summed E-state index contributed by atoms with van der Waals surface area (Å²) in [4.78, 5) is 0. The molecule has 1 aliphatic rings. The number of hydrogen-bond acceptors (Lipinski definition) is 1. The van der Waals surface area contributed by atoms with Gasteiger partial charge in [-0.05, 0) is 18.3 Å². The first kappa shape index (κ1) is 11.0. The molecule has 0 saturated carbocycles. The summed E-state index contributed by atoms with van der Waals surface area (Å²) in [6, 6.07) is 0. The van der Waals surface area contributed by atoms with E-state index in [0.29, 0.717) is 10.8 Å². The van der Waals surface area contributed by atoms with Gasteiger partial charge in [0, 0.05) is 5.41 Å². The third-order valence-corrected chi connectivity index (χ3v) is 4.08. The van der Waals surface area contributed by atoms with Crippen LogP contribution in [0.1, 0.15) is 53.4 Å². The third-order valence-electron chi connectivity index (χ3n) is 4.08. The quantitative estimate of drug-likeness (QED) is 0.634. The molecule has 0 atom stereocenters. The average molecular weight is 184 g/mol. The molecule has 0 aromatic rings. The maximum absolute atomic E-state index is 5.36. The summed E-state index contributed by atoms with van der Waals surface area (Å²) in [6.45, 7) is 11.3. The van der Waals surface area contributed by atoms with Crippen LogP contribution in [0.15, 0.2) is 0 Å². The van der Waals surface area contributed by atoms with Crippen molar-refractivity contribution in [1.29, 1.82) is 0 Å². The van der Waals surface area contributed by atoms with Crippen LogP contribution in [0.2, 0.25) is 0 Å². The van der Waals surface area contributed by atoms with E-state index in [0.717, 1.165) is 13.2 Å². The average Bonchev–Trinajstić information content (AvgIpc) is 2.11. The van der Waals surface area contributed by atoms with Crippen LogP contribution in [0.25, 0.3) is 0 Å². The summed E-state index contributed by atoms with van der Waals surface area (Å²) in [5.74, 6) is 0. The van der Waals surface area contributed by atoms with Gasteiger partial charge >= 0.3 is 0 Å². The van der Waals surface area contributed by atoms with Gasteiger partial charge in [0.2, 0.25) is 0 Å². The van der Waals surface area contributed by atoms with Gasteiger partial charge in [0.1, 0.15) is 0 Å². The second kappa shape index (κ2) is 4.00. The molecule has 0 bridgehead atoms. The first-order valence-corrected chi connectivity index (χ1v) is 5.67. The van der Waals surface area contributed by atoms with Crippen molar-refractivity contribution < 1.29 is 4.74 Å². The molecule has 1 heteroatoms. The Balaban J connectivity index is 2.53. The van der Waals surface area contributed by atoms with Gasteiger partial charge in [-0.1, -0.05) is 40.5 Å². The van der Waals surface area contributed by atoms with Gasteiger partial charge in [-0.3, -0.25) is 0 Å². The molecule has 0 N–H and O–H groups in total. The lowest BCUT2D eigenvalue weighted by Crippen LogP contribution is -2.45. The largest absolute Gasteiger partial charge is 0.380 e. The number of rotatable bonds is 5. The molecule has 1 saturated heterocycles. The lowest BCUT2D eigenvalue weighted by atomic mass is 9.67. The first-order chi connectivity index (χ1) is 6.10. The molecule has 1 aliphatic heterocycles. The van der Waals surface area contributed by atoms with Gasteiger partial charge in [-0.25, -0.2) is 0 Å². The van der Waals surface area contributed by atoms with Crippen LogP contribution in [0.5, 0.6) is 0 Å². The van der Waals surface area contributed by atoms with Crippen LogP contribution < -0.4 is 0 Å². The Bertz CT molecular complexity index is 138. The standard InChI is InChI=1S/C12H24O/c1-5-11(4,6-2)8-12(7-3)9-13-10-12/h5-10H2,1-4H3. The van der Waals surface area contributed by atoms with Crippen LogP contribution >= 0.6 is 0 Å². The van der Waals surface area contributed by atoms with E-state index < -0.39 is 0 Å².